The summed E-state index contributed by atoms with van der Waals surface area (Å²) in [5.74, 6) is 0.416. The monoisotopic (exact) mass is 295 g/mol. The van der Waals surface area contributed by atoms with Gasteiger partial charge in [0.2, 0.25) is 10.0 Å². The molecule has 0 fully saturated rings. The van der Waals surface area contributed by atoms with Gasteiger partial charge in [-0.2, -0.15) is 0 Å². The summed E-state index contributed by atoms with van der Waals surface area (Å²) in [6, 6.07) is 15.8. The van der Waals surface area contributed by atoms with Gasteiger partial charge in [-0.05, 0) is 23.3 Å². The number of nitrogens with one attached hydrogen (secondary N) is 1. The molecule has 0 bridgehead atoms. The zero-order chi connectivity index (χ0) is 13.7. The second-order valence-corrected chi connectivity index (χ2v) is 6.13. The van der Waals surface area contributed by atoms with Gasteiger partial charge in [0.05, 0.1) is 4.90 Å². The quantitative estimate of drug-likeness (QED) is 0.862. The Balaban J connectivity index is 2.10. The first-order valence-corrected chi connectivity index (χ1v) is 7.82. The third kappa shape index (κ3) is 3.80. The number of hydrogen-bond donors (Lipinski definition) is 1. The predicted molar refractivity (Wildman–Crippen MR) is 76.5 cm³/mol. The molecule has 0 saturated heterocycles. The Morgan fingerprint density at radius 3 is 2.32 bits per heavy atom. The Morgan fingerprint density at radius 2 is 1.63 bits per heavy atom. The molecule has 0 spiro atoms. The number of benzene rings is 2. The van der Waals surface area contributed by atoms with Crippen molar-refractivity contribution in [2.45, 2.75) is 17.3 Å². The molecule has 5 heteroatoms. The predicted octanol–water partition coefficient (Wildman–Crippen LogP) is 2.90. The van der Waals surface area contributed by atoms with Gasteiger partial charge in [-0.25, -0.2) is 13.1 Å². The normalized spacial score (nSPS) is 11.4. The van der Waals surface area contributed by atoms with Crippen LogP contribution >= 0.6 is 11.6 Å². The van der Waals surface area contributed by atoms with Gasteiger partial charge in [-0.3, -0.25) is 0 Å². The minimum Gasteiger partial charge on any atom is -0.207 e. The number of halogens is 1. The van der Waals surface area contributed by atoms with E-state index in [0.717, 1.165) is 11.1 Å². The van der Waals surface area contributed by atoms with Crippen molar-refractivity contribution in [2.75, 3.05) is 0 Å². The zero-order valence-corrected chi connectivity index (χ0v) is 11.8. The highest BCUT2D eigenvalue weighted by Gasteiger charge is 2.12. The second-order valence-electron chi connectivity index (χ2n) is 4.09. The fraction of sp³-hybridized carbons (Fsp3) is 0.143. The first-order valence-electron chi connectivity index (χ1n) is 5.80. The molecule has 0 heterocycles. The molecule has 19 heavy (non-hydrogen) atoms. The number of hydrogen-bond acceptors (Lipinski definition) is 2. The Morgan fingerprint density at radius 1 is 0.947 bits per heavy atom. The molecule has 0 radical (unpaired) electrons. The van der Waals surface area contributed by atoms with Crippen molar-refractivity contribution in [3.63, 3.8) is 0 Å². The van der Waals surface area contributed by atoms with Crippen LogP contribution in [0.4, 0.5) is 0 Å². The minimum absolute atomic E-state index is 0.252. The van der Waals surface area contributed by atoms with Crippen molar-refractivity contribution < 1.29 is 8.42 Å². The van der Waals surface area contributed by atoms with E-state index in [2.05, 4.69) is 4.72 Å². The molecule has 0 aromatic heterocycles. The summed E-state index contributed by atoms with van der Waals surface area (Å²) in [6.07, 6.45) is 0. The van der Waals surface area contributed by atoms with Gasteiger partial charge in [-0.1, -0.05) is 42.5 Å². The lowest BCUT2D eigenvalue weighted by Gasteiger charge is -2.07. The highest BCUT2D eigenvalue weighted by Crippen LogP contribution is 2.11. The summed E-state index contributed by atoms with van der Waals surface area (Å²) >= 11 is 5.75. The van der Waals surface area contributed by atoms with Gasteiger partial charge in [0.15, 0.2) is 0 Å². The van der Waals surface area contributed by atoms with E-state index in [1.54, 1.807) is 30.3 Å². The lowest BCUT2D eigenvalue weighted by atomic mass is 10.1. The Bertz CT molecular complexity index is 642. The van der Waals surface area contributed by atoms with E-state index in [0.29, 0.717) is 5.88 Å². The molecule has 0 atom stereocenters. The summed E-state index contributed by atoms with van der Waals surface area (Å²) in [4.78, 5) is 0.267. The molecule has 0 aliphatic carbocycles. The fourth-order valence-electron chi connectivity index (χ4n) is 1.68. The molecule has 2 aromatic carbocycles. The third-order valence-electron chi connectivity index (χ3n) is 2.67. The third-order valence-corrected chi connectivity index (χ3v) is 4.39. The maximum Gasteiger partial charge on any atom is 0.240 e. The summed E-state index contributed by atoms with van der Waals surface area (Å²) in [5, 5.41) is 0. The van der Waals surface area contributed by atoms with Gasteiger partial charge in [0.25, 0.3) is 0 Å². The van der Waals surface area contributed by atoms with Crippen molar-refractivity contribution in [1.82, 2.24) is 4.72 Å². The maximum atomic E-state index is 12.0. The molecule has 3 nitrogen and oxygen atoms in total. The second kappa shape index (κ2) is 6.19. The molecular weight excluding hydrogens is 282 g/mol. The van der Waals surface area contributed by atoms with Crippen LogP contribution in [0.25, 0.3) is 0 Å². The van der Waals surface area contributed by atoms with Crippen LogP contribution in [0.3, 0.4) is 0 Å². The summed E-state index contributed by atoms with van der Waals surface area (Å²) in [5.41, 5.74) is 1.86. The van der Waals surface area contributed by atoms with E-state index in [9.17, 15) is 8.42 Å². The van der Waals surface area contributed by atoms with Crippen molar-refractivity contribution >= 4 is 21.6 Å². The molecule has 0 saturated carbocycles. The first kappa shape index (κ1) is 14.1. The largest absolute Gasteiger partial charge is 0.240 e. The summed E-state index contributed by atoms with van der Waals surface area (Å²) < 4.78 is 26.6. The highest BCUT2D eigenvalue weighted by atomic mass is 35.5. The van der Waals surface area contributed by atoms with Crippen LogP contribution in [-0.4, -0.2) is 8.42 Å². The van der Waals surface area contributed by atoms with Crippen LogP contribution in [-0.2, 0) is 22.4 Å². The maximum absolute atomic E-state index is 12.0. The van der Waals surface area contributed by atoms with Crippen LogP contribution in [0, 0.1) is 0 Å². The minimum atomic E-state index is -3.46. The topological polar surface area (TPSA) is 46.2 Å². The first-order chi connectivity index (χ1) is 9.12. The zero-order valence-electron chi connectivity index (χ0n) is 10.2. The Kier molecular flexibility index (Phi) is 4.58. The van der Waals surface area contributed by atoms with Crippen molar-refractivity contribution in [3.8, 4) is 0 Å². The van der Waals surface area contributed by atoms with Crippen LogP contribution < -0.4 is 4.72 Å². The molecule has 100 valence electrons. The van der Waals surface area contributed by atoms with E-state index in [1.807, 2.05) is 24.3 Å². The van der Waals surface area contributed by atoms with Crippen molar-refractivity contribution in [1.29, 1.82) is 0 Å². The standard InChI is InChI=1S/C14H14ClNO2S/c15-10-12-5-4-6-13(9-12)11-16-19(17,18)14-7-2-1-3-8-14/h1-9,16H,10-11H2. The van der Waals surface area contributed by atoms with E-state index < -0.39 is 10.0 Å². The average Bonchev–Trinajstić information content (AvgIpc) is 2.46. The van der Waals surface area contributed by atoms with Gasteiger partial charge in [-0.15, -0.1) is 11.6 Å². The highest BCUT2D eigenvalue weighted by molar-refractivity contribution is 7.89. The average molecular weight is 296 g/mol. The number of rotatable bonds is 5. The molecule has 0 aliphatic heterocycles. The van der Waals surface area contributed by atoms with Gasteiger partial charge in [0, 0.05) is 12.4 Å². The molecule has 0 aliphatic rings. The molecule has 2 aromatic rings. The molecule has 0 amide bonds. The van der Waals surface area contributed by atoms with Crippen molar-refractivity contribution in [3.05, 3.63) is 65.7 Å². The molecule has 2 rings (SSSR count). The molecule has 1 N–H and O–H groups in total. The summed E-state index contributed by atoms with van der Waals surface area (Å²) in [7, 11) is -3.46. The van der Waals surface area contributed by atoms with Gasteiger partial charge < -0.3 is 0 Å². The lowest BCUT2D eigenvalue weighted by molar-refractivity contribution is 0.581. The fourth-order valence-corrected chi connectivity index (χ4v) is 2.89. The van der Waals surface area contributed by atoms with E-state index in [-0.39, 0.29) is 11.4 Å². The number of alkyl halides is 1. The smallest absolute Gasteiger partial charge is 0.207 e. The summed E-state index contributed by atoms with van der Waals surface area (Å²) in [6.45, 7) is 0.252. The van der Waals surface area contributed by atoms with Crippen LogP contribution in [0.15, 0.2) is 59.5 Å². The van der Waals surface area contributed by atoms with Crippen molar-refractivity contribution in [2.24, 2.45) is 0 Å². The Labute approximate surface area is 118 Å². The SMILES string of the molecule is O=S(=O)(NCc1cccc(CCl)c1)c1ccccc1. The van der Waals surface area contributed by atoms with E-state index in [1.165, 1.54) is 0 Å². The van der Waals surface area contributed by atoms with Crippen LogP contribution in [0.1, 0.15) is 11.1 Å². The van der Waals surface area contributed by atoms with Crippen LogP contribution in [0.2, 0.25) is 0 Å². The van der Waals surface area contributed by atoms with Gasteiger partial charge in [0.1, 0.15) is 0 Å². The van der Waals surface area contributed by atoms with E-state index >= 15 is 0 Å². The van der Waals surface area contributed by atoms with Crippen LogP contribution in [0.5, 0.6) is 0 Å². The molecular formula is C14H14ClNO2S. The van der Waals surface area contributed by atoms with Gasteiger partial charge >= 0.3 is 0 Å². The number of sulfonamides is 1. The van der Waals surface area contributed by atoms with E-state index in [4.69, 9.17) is 11.6 Å². The Hall–Kier alpha value is -1.36. The lowest BCUT2D eigenvalue weighted by Crippen LogP contribution is -2.23. The molecule has 0 unspecified atom stereocenters.